The Bertz CT molecular complexity index is 1640. The summed E-state index contributed by atoms with van der Waals surface area (Å²) in [6.07, 6.45) is 7.34. The lowest BCUT2D eigenvalue weighted by atomic mass is 9.71. The molecule has 194 valence electrons. The van der Waals surface area contributed by atoms with Gasteiger partial charge in [-0.25, -0.2) is 0 Å². The van der Waals surface area contributed by atoms with Crippen LogP contribution in [0.5, 0.6) is 0 Å². The fourth-order valence-corrected chi connectivity index (χ4v) is 5.75. The molecule has 0 saturated heterocycles. The molecule has 0 saturated carbocycles. The van der Waals surface area contributed by atoms with E-state index in [0.717, 1.165) is 16.7 Å². The number of fused-ring (bicyclic) bond motifs is 2. The van der Waals surface area contributed by atoms with Gasteiger partial charge in [0.15, 0.2) is 0 Å². The van der Waals surface area contributed by atoms with Crippen LogP contribution in [0.15, 0.2) is 84.5 Å². The van der Waals surface area contributed by atoms with Gasteiger partial charge in [0, 0.05) is 11.3 Å². The molecule has 2 N–H and O–H groups in total. The minimum absolute atomic E-state index is 0.0845. The van der Waals surface area contributed by atoms with Crippen molar-refractivity contribution in [1.29, 1.82) is 0 Å². The quantitative estimate of drug-likeness (QED) is 0.454. The van der Waals surface area contributed by atoms with E-state index in [1.807, 2.05) is 18.2 Å². The highest BCUT2D eigenvalue weighted by atomic mass is 16.2. The highest BCUT2D eigenvalue weighted by Crippen LogP contribution is 2.41. The Morgan fingerprint density at radius 2 is 1.26 bits per heavy atom. The van der Waals surface area contributed by atoms with Crippen LogP contribution in [0.2, 0.25) is 0 Å². The van der Waals surface area contributed by atoms with Crippen LogP contribution in [0.3, 0.4) is 0 Å². The summed E-state index contributed by atoms with van der Waals surface area (Å²) in [5.41, 5.74) is 6.96. The van der Waals surface area contributed by atoms with E-state index >= 15 is 0 Å². The second-order valence-corrected chi connectivity index (χ2v) is 11.1. The maximum Gasteiger partial charge on any atom is 0.258 e. The second-order valence-electron chi connectivity index (χ2n) is 11.1. The van der Waals surface area contributed by atoms with E-state index in [9.17, 15) is 19.2 Å². The van der Waals surface area contributed by atoms with Crippen LogP contribution in [0.4, 0.5) is 0 Å². The standard InChI is InChI=1S/C33H28N2O4/c1-18-4-9-23(17-26(18)21-8-13-25-28(16-21)32(39)35-30(25)37)33(2,3)22-10-5-19(6-11-22)14-20-7-12-24-27(15-20)31(38)34-29(24)36/h4-13,15-18,26H,14H2,1-3H3,(H,34,36,38)(H,35,37,39). The predicted octanol–water partition coefficient (Wildman–Crippen LogP) is 5.24. The van der Waals surface area contributed by atoms with E-state index in [4.69, 9.17) is 0 Å². The summed E-state index contributed by atoms with van der Waals surface area (Å²) in [4.78, 5) is 48.1. The lowest BCUT2D eigenvalue weighted by molar-refractivity contribution is 0.0863. The lowest BCUT2D eigenvalue weighted by Crippen LogP contribution is -2.23. The van der Waals surface area contributed by atoms with Gasteiger partial charge in [-0.2, -0.15) is 0 Å². The van der Waals surface area contributed by atoms with Crippen molar-refractivity contribution in [3.05, 3.63) is 129 Å². The molecule has 6 nitrogen and oxygen atoms in total. The van der Waals surface area contributed by atoms with Gasteiger partial charge in [0.25, 0.3) is 23.6 Å². The summed E-state index contributed by atoms with van der Waals surface area (Å²) in [5.74, 6) is -1.02. The number of carbonyl (C=O) groups is 4. The van der Waals surface area contributed by atoms with E-state index in [1.54, 1.807) is 18.2 Å². The molecule has 3 aromatic rings. The zero-order valence-corrected chi connectivity index (χ0v) is 22.0. The molecule has 3 aromatic carbocycles. The van der Waals surface area contributed by atoms with Crippen molar-refractivity contribution in [2.45, 2.75) is 38.5 Å². The van der Waals surface area contributed by atoms with Gasteiger partial charge >= 0.3 is 0 Å². The van der Waals surface area contributed by atoms with Gasteiger partial charge in [-0.3, -0.25) is 29.8 Å². The lowest BCUT2D eigenvalue weighted by Gasteiger charge is -2.33. The zero-order chi connectivity index (χ0) is 27.5. The molecule has 0 aromatic heterocycles. The average molecular weight is 517 g/mol. The summed E-state index contributed by atoms with van der Waals surface area (Å²) in [6, 6.07) is 19.5. The number of hydrogen-bond acceptors (Lipinski definition) is 4. The molecule has 2 unspecified atom stereocenters. The fourth-order valence-electron chi connectivity index (χ4n) is 5.75. The Hall–Kier alpha value is -4.58. The highest BCUT2D eigenvalue weighted by molar-refractivity contribution is 6.22. The third-order valence-electron chi connectivity index (χ3n) is 8.26. The topological polar surface area (TPSA) is 92.3 Å². The van der Waals surface area contributed by atoms with E-state index in [0.29, 0.717) is 28.7 Å². The van der Waals surface area contributed by atoms with Gasteiger partial charge in [-0.1, -0.05) is 75.4 Å². The fraction of sp³-hybridized carbons (Fsp3) is 0.212. The van der Waals surface area contributed by atoms with Gasteiger partial charge in [-0.05, 0) is 64.4 Å². The molecule has 6 heteroatoms. The number of benzene rings is 3. The molecule has 3 aliphatic rings. The normalized spacial score (nSPS) is 19.9. The summed E-state index contributed by atoms with van der Waals surface area (Å²) in [6.45, 7) is 6.57. The van der Waals surface area contributed by atoms with Crippen molar-refractivity contribution in [3.63, 3.8) is 0 Å². The number of nitrogens with one attached hydrogen (secondary N) is 2. The van der Waals surface area contributed by atoms with Crippen LogP contribution in [0.25, 0.3) is 0 Å². The Morgan fingerprint density at radius 1 is 0.692 bits per heavy atom. The molecule has 2 aliphatic heterocycles. The number of imide groups is 2. The first-order valence-electron chi connectivity index (χ1n) is 13.1. The zero-order valence-electron chi connectivity index (χ0n) is 22.0. The van der Waals surface area contributed by atoms with Crippen LogP contribution >= 0.6 is 0 Å². The molecule has 2 atom stereocenters. The van der Waals surface area contributed by atoms with Gasteiger partial charge in [-0.15, -0.1) is 0 Å². The van der Waals surface area contributed by atoms with Crippen molar-refractivity contribution < 1.29 is 19.2 Å². The number of carbonyl (C=O) groups excluding carboxylic acids is 4. The Labute approximate surface area is 226 Å². The Balaban J connectivity index is 1.24. The van der Waals surface area contributed by atoms with Crippen LogP contribution in [-0.2, 0) is 11.8 Å². The first-order chi connectivity index (χ1) is 18.6. The smallest absolute Gasteiger partial charge is 0.258 e. The molecule has 2 heterocycles. The van der Waals surface area contributed by atoms with Gasteiger partial charge < -0.3 is 0 Å². The van der Waals surface area contributed by atoms with Crippen molar-refractivity contribution in [3.8, 4) is 0 Å². The third kappa shape index (κ3) is 4.22. The molecule has 4 amide bonds. The second kappa shape index (κ2) is 9.02. The molecular formula is C33H28N2O4. The van der Waals surface area contributed by atoms with Crippen LogP contribution in [0, 0.1) is 5.92 Å². The number of hydrogen-bond donors (Lipinski definition) is 2. The Morgan fingerprint density at radius 3 is 1.92 bits per heavy atom. The van der Waals surface area contributed by atoms with Gasteiger partial charge in [0.1, 0.15) is 0 Å². The van der Waals surface area contributed by atoms with Crippen molar-refractivity contribution >= 4 is 23.6 Å². The summed E-state index contributed by atoms with van der Waals surface area (Å²) < 4.78 is 0. The summed E-state index contributed by atoms with van der Waals surface area (Å²) in [5, 5.41) is 4.71. The van der Waals surface area contributed by atoms with E-state index in [1.165, 1.54) is 11.1 Å². The summed E-state index contributed by atoms with van der Waals surface area (Å²) in [7, 11) is 0. The van der Waals surface area contributed by atoms with E-state index < -0.39 is 0 Å². The van der Waals surface area contributed by atoms with Crippen molar-refractivity contribution in [2.75, 3.05) is 0 Å². The molecule has 6 rings (SSSR count). The highest BCUT2D eigenvalue weighted by Gasteiger charge is 2.32. The van der Waals surface area contributed by atoms with Crippen LogP contribution in [-0.4, -0.2) is 23.6 Å². The summed E-state index contributed by atoms with van der Waals surface area (Å²) >= 11 is 0. The molecule has 0 radical (unpaired) electrons. The van der Waals surface area contributed by atoms with Crippen molar-refractivity contribution in [2.24, 2.45) is 5.92 Å². The van der Waals surface area contributed by atoms with E-state index in [-0.39, 0.29) is 40.9 Å². The molecule has 0 bridgehead atoms. The molecule has 0 spiro atoms. The maximum atomic E-state index is 12.2. The number of allylic oxidation sites excluding steroid dienone is 4. The van der Waals surface area contributed by atoms with Gasteiger partial charge in [0.2, 0.25) is 0 Å². The first-order valence-corrected chi connectivity index (χ1v) is 13.1. The first kappa shape index (κ1) is 24.7. The monoisotopic (exact) mass is 516 g/mol. The maximum absolute atomic E-state index is 12.2. The molecule has 1 aliphatic carbocycles. The number of rotatable bonds is 5. The Kier molecular flexibility index (Phi) is 5.72. The molecular weight excluding hydrogens is 488 g/mol. The number of amides is 4. The van der Waals surface area contributed by atoms with E-state index in [2.05, 4.69) is 73.9 Å². The largest absolute Gasteiger partial charge is 0.288 e. The predicted molar refractivity (Wildman–Crippen MR) is 148 cm³/mol. The minimum atomic E-state index is -0.341. The third-order valence-corrected chi connectivity index (χ3v) is 8.26. The van der Waals surface area contributed by atoms with Crippen LogP contribution in [0.1, 0.15) is 90.4 Å². The molecule has 0 fully saturated rings. The SMILES string of the molecule is CC1C=CC(C(C)(C)c2ccc(Cc3ccc4c(c3)C(=O)NC4=O)cc2)=CC1c1ccc2c(c1)C(=O)NC2=O. The molecule has 39 heavy (non-hydrogen) atoms. The van der Waals surface area contributed by atoms with Crippen molar-refractivity contribution in [1.82, 2.24) is 10.6 Å². The average Bonchev–Trinajstić information content (AvgIpc) is 3.37. The van der Waals surface area contributed by atoms with Crippen LogP contribution < -0.4 is 10.6 Å². The van der Waals surface area contributed by atoms with Gasteiger partial charge in [0.05, 0.1) is 22.3 Å². The minimum Gasteiger partial charge on any atom is -0.288 e.